The van der Waals surface area contributed by atoms with Crippen molar-refractivity contribution in [1.29, 1.82) is 0 Å². The maximum atomic E-state index is 14.0. The summed E-state index contributed by atoms with van der Waals surface area (Å²) >= 11 is 1.55. The number of halogens is 1. The van der Waals surface area contributed by atoms with Gasteiger partial charge in [-0.1, -0.05) is 36.4 Å². The van der Waals surface area contributed by atoms with Gasteiger partial charge in [0.25, 0.3) is 11.8 Å². The van der Waals surface area contributed by atoms with Gasteiger partial charge in [-0.15, -0.1) is 11.3 Å². The first-order valence-electron chi connectivity index (χ1n) is 10.1. The number of ether oxygens (including phenoxy) is 1. The highest BCUT2D eigenvalue weighted by Crippen LogP contribution is 2.38. The third-order valence-corrected chi connectivity index (χ3v) is 6.21. The van der Waals surface area contributed by atoms with E-state index in [1.54, 1.807) is 24.5 Å². The smallest absolute Gasteiger partial charge is 0.262 e. The van der Waals surface area contributed by atoms with Crippen LogP contribution in [-0.4, -0.2) is 48.1 Å². The summed E-state index contributed by atoms with van der Waals surface area (Å²) in [4.78, 5) is 28.1. The molecular formula is C24H22FN3O3S. The molecule has 4 rings (SSSR count). The summed E-state index contributed by atoms with van der Waals surface area (Å²) in [6.07, 6.45) is 0.525. The molecule has 2 heterocycles. The van der Waals surface area contributed by atoms with Crippen molar-refractivity contribution < 1.29 is 18.7 Å². The fraction of sp³-hybridized carbons (Fsp3) is 0.208. The lowest BCUT2D eigenvalue weighted by molar-refractivity contribution is -0.133. The molecular weight excluding hydrogens is 429 g/mol. The van der Waals surface area contributed by atoms with Crippen LogP contribution in [0.1, 0.15) is 33.3 Å². The first-order chi connectivity index (χ1) is 15.5. The molecule has 8 heteroatoms. The number of para-hydroxylation sites is 1. The van der Waals surface area contributed by atoms with E-state index >= 15 is 0 Å². The number of hydrogen-bond acceptors (Lipinski definition) is 5. The lowest BCUT2D eigenvalue weighted by Crippen LogP contribution is -2.39. The molecule has 164 valence electrons. The molecule has 3 aromatic rings. The van der Waals surface area contributed by atoms with Gasteiger partial charge in [-0.25, -0.2) is 9.40 Å². The van der Waals surface area contributed by atoms with E-state index in [4.69, 9.17) is 4.74 Å². The molecule has 0 bridgehead atoms. The SMILES string of the molecule is COc1ccccc1[C@@H]1CC(c2cccs2)=NN1C(=O)CN(C)C(=O)c1ccccc1F. The Morgan fingerprint density at radius 3 is 2.62 bits per heavy atom. The number of carbonyl (C=O) groups is 2. The maximum Gasteiger partial charge on any atom is 0.262 e. The van der Waals surface area contributed by atoms with Crippen molar-refractivity contribution in [2.75, 3.05) is 20.7 Å². The standard InChI is InChI=1S/C24H22FN3O3S/c1-27(24(30)16-8-3-5-10-18(16)25)15-23(29)28-20(17-9-4-6-11-21(17)31-2)14-19(26-28)22-12-7-13-32-22/h3-13,20H,14-15H2,1-2H3/t20-/m0/s1. The van der Waals surface area contributed by atoms with Crippen LogP contribution in [0.3, 0.4) is 0 Å². The number of likely N-dealkylation sites (N-methyl/N-ethyl adjacent to an activating group) is 1. The molecule has 6 nitrogen and oxygen atoms in total. The number of carbonyl (C=O) groups excluding carboxylic acids is 2. The fourth-order valence-corrected chi connectivity index (χ4v) is 4.42. The molecule has 0 unspecified atom stereocenters. The van der Waals surface area contributed by atoms with E-state index < -0.39 is 11.7 Å². The Morgan fingerprint density at radius 2 is 1.91 bits per heavy atom. The molecule has 0 fully saturated rings. The minimum absolute atomic E-state index is 0.0757. The van der Waals surface area contributed by atoms with Crippen LogP contribution in [-0.2, 0) is 4.79 Å². The van der Waals surface area contributed by atoms with Gasteiger partial charge in [-0.05, 0) is 29.6 Å². The Morgan fingerprint density at radius 1 is 1.16 bits per heavy atom. The third kappa shape index (κ3) is 4.27. The van der Waals surface area contributed by atoms with Crippen LogP contribution >= 0.6 is 11.3 Å². The average Bonchev–Trinajstić information content (AvgIpc) is 3.49. The van der Waals surface area contributed by atoms with Crippen LogP contribution in [0, 0.1) is 5.82 Å². The van der Waals surface area contributed by atoms with Crippen molar-refractivity contribution in [3.05, 3.63) is 87.9 Å². The number of benzene rings is 2. The third-order valence-electron chi connectivity index (χ3n) is 5.29. The summed E-state index contributed by atoms with van der Waals surface area (Å²) in [5, 5.41) is 7.98. The van der Waals surface area contributed by atoms with Crippen molar-refractivity contribution in [3.8, 4) is 5.75 Å². The zero-order valence-electron chi connectivity index (χ0n) is 17.7. The molecule has 2 aromatic carbocycles. The highest BCUT2D eigenvalue weighted by molar-refractivity contribution is 7.12. The normalized spacial score (nSPS) is 15.4. The number of nitrogens with zero attached hydrogens (tertiary/aromatic N) is 3. The molecule has 2 amide bonds. The Labute approximate surface area is 189 Å². The van der Waals surface area contributed by atoms with Crippen molar-refractivity contribution in [3.63, 3.8) is 0 Å². The highest BCUT2D eigenvalue weighted by atomic mass is 32.1. The van der Waals surface area contributed by atoms with Crippen LogP contribution in [0.2, 0.25) is 0 Å². The second-order valence-corrected chi connectivity index (χ2v) is 8.31. The van der Waals surface area contributed by atoms with E-state index in [1.807, 2.05) is 41.8 Å². The summed E-state index contributed by atoms with van der Waals surface area (Å²) in [7, 11) is 3.06. The number of thiophene rings is 1. The van der Waals surface area contributed by atoms with Gasteiger partial charge in [0.2, 0.25) is 0 Å². The van der Waals surface area contributed by atoms with Gasteiger partial charge in [0.15, 0.2) is 0 Å². The molecule has 0 spiro atoms. The molecule has 1 aliphatic rings. The zero-order chi connectivity index (χ0) is 22.7. The lowest BCUT2D eigenvalue weighted by Gasteiger charge is -2.26. The number of hydrogen-bond donors (Lipinski definition) is 0. The highest BCUT2D eigenvalue weighted by Gasteiger charge is 2.35. The van der Waals surface area contributed by atoms with Crippen molar-refractivity contribution in [2.24, 2.45) is 5.10 Å². The lowest BCUT2D eigenvalue weighted by atomic mass is 10.00. The van der Waals surface area contributed by atoms with Crippen LogP contribution in [0.15, 0.2) is 71.1 Å². The van der Waals surface area contributed by atoms with Crippen LogP contribution in [0.4, 0.5) is 4.39 Å². The maximum absolute atomic E-state index is 14.0. The summed E-state index contributed by atoms with van der Waals surface area (Å²) in [6, 6.07) is 16.8. The first kappa shape index (κ1) is 21.7. The molecule has 0 saturated heterocycles. The summed E-state index contributed by atoms with van der Waals surface area (Å²) in [5.41, 5.74) is 1.56. The molecule has 1 atom stereocenters. The number of rotatable bonds is 6. The van der Waals surface area contributed by atoms with Gasteiger partial charge in [0.1, 0.15) is 18.1 Å². The molecule has 0 aliphatic carbocycles. The molecule has 0 N–H and O–H groups in total. The molecule has 1 aromatic heterocycles. The largest absolute Gasteiger partial charge is 0.496 e. The van der Waals surface area contributed by atoms with E-state index in [9.17, 15) is 14.0 Å². The van der Waals surface area contributed by atoms with Crippen molar-refractivity contribution in [2.45, 2.75) is 12.5 Å². The number of hydrazone groups is 1. The molecule has 0 saturated carbocycles. The van der Waals surface area contributed by atoms with E-state index in [0.717, 1.165) is 16.2 Å². The topological polar surface area (TPSA) is 62.2 Å². The Bertz CT molecular complexity index is 1160. The van der Waals surface area contributed by atoms with Gasteiger partial charge >= 0.3 is 0 Å². The average molecular weight is 452 g/mol. The van der Waals surface area contributed by atoms with Crippen molar-refractivity contribution in [1.82, 2.24) is 9.91 Å². The monoisotopic (exact) mass is 451 g/mol. The Balaban J connectivity index is 1.61. The summed E-state index contributed by atoms with van der Waals surface area (Å²) in [6.45, 7) is -0.236. The number of methoxy groups -OCH3 is 1. The second kappa shape index (κ2) is 9.32. The van der Waals surface area contributed by atoms with Crippen LogP contribution < -0.4 is 4.74 Å². The van der Waals surface area contributed by atoms with Gasteiger partial charge in [0.05, 0.1) is 29.3 Å². The Kier molecular flexibility index (Phi) is 6.32. The van der Waals surface area contributed by atoms with E-state index in [2.05, 4.69) is 5.10 Å². The summed E-state index contributed by atoms with van der Waals surface area (Å²) in [5.74, 6) is -0.886. The van der Waals surface area contributed by atoms with Crippen molar-refractivity contribution >= 4 is 28.9 Å². The Hall–Kier alpha value is -3.52. The number of amides is 2. The molecule has 1 aliphatic heterocycles. The van der Waals surface area contributed by atoms with Gasteiger partial charge in [0, 0.05) is 19.0 Å². The van der Waals surface area contributed by atoms with Gasteiger partial charge in [-0.3, -0.25) is 9.59 Å². The predicted octanol–water partition coefficient (Wildman–Crippen LogP) is 4.35. The van der Waals surface area contributed by atoms with Gasteiger partial charge in [-0.2, -0.15) is 5.10 Å². The molecule has 32 heavy (non-hydrogen) atoms. The quantitative estimate of drug-likeness (QED) is 0.560. The van der Waals surface area contributed by atoms with E-state index in [-0.39, 0.29) is 24.1 Å². The van der Waals surface area contributed by atoms with Crippen LogP contribution in [0.5, 0.6) is 5.75 Å². The molecule has 0 radical (unpaired) electrons. The second-order valence-electron chi connectivity index (χ2n) is 7.37. The van der Waals surface area contributed by atoms with Crippen LogP contribution in [0.25, 0.3) is 0 Å². The predicted molar refractivity (Wildman–Crippen MR) is 121 cm³/mol. The zero-order valence-corrected chi connectivity index (χ0v) is 18.5. The summed E-state index contributed by atoms with van der Waals surface area (Å²) < 4.78 is 19.5. The minimum Gasteiger partial charge on any atom is -0.496 e. The van der Waals surface area contributed by atoms with Gasteiger partial charge < -0.3 is 9.64 Å². The minimum atomic E-state index is -0.622. The first-order valence-corrected chi connectivity index (χ1v) is 10.9. The van der Waals surface area contributed by atoms with E-state index in [0.29, 0.717) is 12.2 Å². The fourth-order valence-electron chi connectivity index (χ4n) is 3.70. The van der Waals surface area contributed by atoms with E-state index in [1.165, 1.54) is 35.2 Å².